The Balaban J connectivity index is 1.93. The maximum atomic E-state index is 12.1. The Kier molecular flexibility index (Phi) is 5.37. The second kappa shape index (κ2) is 7.16. The molecule has 4 aliphatic rings. The smallest absolute Gasteiger partial charge is 0.306 e. The SMILES string of the molecule is C=C1[C@H]2O[C@@H](OCC)[C@@H]3C(COC(=O)CC(C)C)(O2)[C@@H](OC(C)=O)C[C@]13O. The van der Waals surface area contributed by atoms with Crippen molar-refractivity contribution in [3.63, 3.8) is 0 Å². The molecule has 27 heavy (non-hydrogen) atoms. The van der Waals surface area contributed by atoms with E-state index in [1.807, 2.05) is 20.8 Å². The highest BCUT2D eigenvalue weighted by Crippen LogP contribution is 2.61. The summed E-state index contributed by atoms with van der Waals surface area (Å²) in [6, 6.07) is 0. The monoisotopic (exact) mass is 384 g/mol. The number of carbonyl (C=O) groups is 2. The van der Waals surface area contributed by atoms with Crippen molar-refractivity contribution in [3.05, 3.63) is 12.2 Å². The van der Waals surface area contributed by atoms with Gasteiger partial charge >= 0.3 is 11.9 Å². The van der Waals surface area contributed by atoms with Gasteiger partial charge in [0.2, 0.25) is 0 Å². The van der Waals surface area contributed by atoms with E-state index in [0.717, 1.165) is 0 Å². The first kappa shape index (κ1) is 20.3. The number of esters is 2. The summed E-state index contributed by atoms with van der Waals surface area (Å²) in [6.07, 6.45) is -2.19. The van der Waals surface area contributed by atoms with Gasteiger partial charge in [0, 0.05) is 31.9 Å². The molecular weight excluding hydrogens is 356 g/mol. The zero-order chi connectivity index (χ0) is 20.0. The first-order valence-corrected chi connectivity index (χ1v) is 9.33. The minimum absolute atomic E-state index is 0.0846. The molecular formula is C19H28O8. The van der Waals surface area contributed by atoms with E-state index in [1.54, 1.807) is 0 Å². The molecule has 4 bridgehead atoms. The lowest BCUT2D eigenvalue weighted by molar-refractivity contribution is -0.397. The summed E-state index contributed by atoms with van der Waals surface area (Å²) in [6.45, 7) is 11.0. The Morgan fingerprint density at radius 2 is 2.11 bits per heavy atom. The summed E-state index contributed by atoms with van der Waals surface area (Å²) >= 11 is 0. The van der Waals surface area contributed by atoms with Crippen LogP contribution in [0.25, 0.3) is 0 Å². The van der Waals surface area contributed by atoms with E-state index in [-0.39, 0.29) is 31.3 Å². The number of rotatable bonds is 7. The van der Waals surface area contributed by atoms with Gasteiger partial charge in [-0.15, -0.1) is 0 Å². The van der Waals surface area contributed by atoms with Crippen LogP contribution in [-0.2, 0) is 33.3 Å². The Morgan fingerprint density at radius 3 is 2.70 bits per heavy atom. The predicted octanol–water partition coefficient (Wildman–Crippen LogP) is 1.30. The Morgan fingerprint density at radius 1 is 1.41 bits per heavy atom. The van der Waals surface area contributed by atoms with Crippen LogP contribution in [0.3, 0.4) is 0 Å². The molecule has 0 aromatic rings. The first-order valence-electron chi connectivity index (χ1n) is 9.33. The molecule has 1 saturated carbocycles. The van der Waals surface area contributed by atoms with E-state index in [4.69, 9.17) is 23.7 Å². The van der Waals surface area contributed by atoms with Gasteiger partial charge in [-0.05, 0) is 12.8 Å². The van der Waals surface area contributed by atoms with Crippen molar-refractivity contribution in [1.82, 2.24) is 0 Å². The van der Waals surface area contributed by atoms with Crippen molar-refractivity contribution in [2.45, 2.75) is 70.4 Å². The summed E-state index contributed by atoms with van der Waals surface area (Å²) in [5.41, 5.74) is -2.29. The minimum Gasteiger partial charge on any atom is -0.462 e. The van der Waals surface area contributed by atoms with Gasteiger partial charge in [0.15, 0.2) is 18.2 Å². The zero-order valence-corrected chi connectivity index (χ0v) is 16.2. The average molecular weight is 384 g/mol. The molecule has 8 heteroatoms. The fourth-order valence-electron chi connectivity index (χ4n) is 4.35. The molecule has 0 aromatic carbocycles. The van der Waals surface area contributed by atoms with Crippen LogP contribution in [0.2, 0.25) is 0 Å². The highest BCUT2D eigenvalue weighted by Gasteiger charge is 2.76. The van der Waals surface area contributed by atoms with Crippen molar-refractivity contribution >= 4 is 11.9 Å². The normalized spacial score (nSPS) is 39.7. The summed E-state index contributed by atoms with van der Waals surface area (Å²) in [5, 5.41) is 11.4. The van der Waals surface area contributed by atoms with Crippen LogP contribution in [-0.4, -0.2) is 60.1 Å². The second-order valence-electron chi connectivity index (χ2n) is 7.85. The van der Waals surface area contributed by atoms with Gasteiger partial charge in [-0.25, -0.2) is 0 Å². The summed E-state index contributed by atoms with van der Waals surface area (Å²) in [7, 11) is 0. The van der Waals surface area contributed by atoms with E-state index >= 15 is 0 Å². The van der Waals surface area contributed by atoms with E-state index in [9.17, 15) is 14.7 Å². The molecule has 0 spiro atoms. The molecule has 8 nitrogen and oxygen atoms in total. The fraction of sp³-hybridized carbons (Fsp3) is 0.789. The van der Waals surface area contributed by atoms with Gasteiger partial charge in [0.1, 0.15) is 18.3 Å². The molecule has 0 radical (unpaired) electrons. The predicted molar refractivity (Wildman–Crippen MR) is 92.3 cm³/mol. The molecule has 3 heterocycles. The number of fused-ring (bicyclic) bond motifs is 1. The molecule has 1 unspecified atom stereocenters. The molecule has 3 saturated heterocycles. The third kappa shape index (κ3) is 3.29. The van der Waals surface area contributed by atoms with Crippen molar-refractivity contribution in [2.24, 2.45) is 11.8 Å². The molecule has 152 valence electrons. The van der Waals surface area contributed by atoms with Gasteiger partial charge in [-0.2, -0.15) is 0 Å². The first-order chi connectivity index (χ1) is 12.6. The highest BCUT2D eigenvalue weighted by molar-refractivity contribution is 5.69. The largest absolute Gasteiger partial charge is 0.462 e. The maximum Gasteiger partial charge on any atom is 0.306 e. The Hall–Kier alpha value is -1.48. The van der Waals surface area contributed by atoms with Crippen molar-refractivity contribution in [2.75, 3.05) is 13.2 Å². The Bertz CT molecular complexity index is 631. The van der Waals surface area contributed by atoms with Gasteiger partial charge < -0.3 is 28.8 Å². The van der Waals surface area contributed by atoms with Crippen LogP contribution in [0.1, 0.15) is 40.5 Å². The number of ether oxygens (including phenoxy) is 5. The molecule has 0 amide bonds. The van der Waals surface area contributed by atoms with Crippen LogP contribution >= 0.6 is 0 Å². The number of aliphatic hydroxyl groups is 1. The summed E-state index contributed by atoms with van der Waals surface area (Å²) in [4.78, 5) is 23.8. The number of hydrogen-bond donors (Lipinski definition) is 1. The maximum absolute atomic E-state index is 12.1. The van der Waals surface area contributed by atoms with Gasteiger partial charge in [-0.3, -0.25) is 9.59 Å². The lowest BCUT2D eigenvalue weighted by Gasteiger charge is -2.56. The van der Waals surface area contributed by atoms with Gasteiger partial charge in [-0.1, -0.05) is 20.4 Å². The van der Waals surface area contributed by atoms with Crippen LogP contribution in [0.5, 0.6) is 0 Å². The quantitative estimate of drug-likeness (QED) is 0.518. The third-order valence-corrected chi connectivity index (χ3v) is 5.45. The molecule has 0 aromatic heterocycles. The fourth-order valence-corrected chi connectivity index (χ4v) is 4.35. The summed E-state index contributed by atoms with van der Waals surface area (Å²) < 4.78 is 28.4. The highest BCUT2D eigenvalue weighted by atomic mass is 16.8. The number of carbonyl (C=O) groups excluding carboxylic acids is 2. The lowest BCUT2D eigenvalue weighted by atomic mass is 9.73. The summed E-state index contributed by atoms with van der Waals surface area (Å²) in [5.74, 6) is -1.49. The number of hydrogen-bond acceptors (Lipinski definition) is 8. The van der Waals surface area contributed by atoms with Gasteiger partial charge in [0.25, 0.3) is 0 Å². The van der Waals surface area contributed by atoms with Crippen LogP contribution < -0.4 is 0 Å². The standard InChI is InChI=1S/C19H28O8/c1-6-23-17-15-18(22)8-13(25-12(5)20)19(15,27-16(26-17)11(18)4)9-24-14(21)7-10(2)3/h10,13,15-17,22H,4,6-9H2,1-3,5H3/t13-,15-,16-,17+,18-,19?/m0/s1. The third-order valence-electron chi connectivity index (χ3n) is 5.45. The molecule has 4 rings (SSSR count). The van der Waals surface area contributed by atoms with Crippen molar-refractivity contribution < 1.29 is 38.4 Å². The average Bonchev–Trinajstić information content (AvgIpc) is 2.77. The van der Waals surface area contributed by atoms with Crippen LogP contribution in [0, 0.1) is 11.8 Å². The molecule has 1 aliphatic carbocycles. The second-order valence-corrected chi connectivity index (χ2v) is 7.85. The van der Waals surface area contributed by atoms with Crippen LogP contribution in [0.15, 0.2) is 12.2 Å². The van der Waals surface area contributed by atoms with Gasteiger partial charge in [0.05, 0.1) is 5.92 Å². The lowest BCUT2D eigenvalue weighted by Crippen LogP contribution is -2.70. The zero-order valence-electron chi connectivity index (χ0n) is 16.2. The van der Waals surface area contributed by atoms with Crippen molar-refractivity contribution in [3.8, 4) is 0 Å². The van der Waals surface area contributed by atoms with E-state index < -0.39 is 41.8 Å². The van der Waals surface area contributed by atoms with E-state index in [2.05, 4.69) is 6.58 Å². The molecule has 4 fully saturated rings. The van der Waals surface area contributed by atoms with Crippen molar-refractivity contribution in [1.29, 1.82) is 0 Å². The topological polar surface area (TPSA) is 101 Å². The van der Waals surface area contributed by atoms with Crippen LogP contribution in [0.4, 0.5) is 0 Å². The molecule has 3 aliphatic heterocycles. The Labute approximate surface area is 158 Å². The van der Waals surface area contributed by atoms with E-state index in [0.29, 0.717) is 12.2 Å². The molecule has 1 N–H and O–H groups in total. The minimum atomic E-state index is -1.40. The molecule has 6 atom stereocenters. The van der Waals surface area contributed by atoms with E-state index in [1.165, 1.54) is 6.92 Å².